The first kappa shape index (κ1) is 16.6. The van der Waals surface area contributed by atoms with Gasteiger partial charge in [-0.1, -0.05) is 28.1 Å². The van der Waals surface area contributed by atoms with Crippen LogP contribution in [0.5, 0.6) is 0 Å². The summed E-state index contributed by atoms with van der Waals surface area (Å²) in [6.45, 7) is 5.88. The molecule has 0 atom stereocenters. The van der Waals surface area contributed by atoms with E-state index in [1.54, 1.807) is 6.92 Å². The molecule has 24 heavy (non-hydrogen) atoms. The molecular weight excluding hydrogens is 370 g/mol. The van der Waals surface area contributed by atoms with Gasteiger partial charge in [0.05, 0.1) is 12.1 Å². The smallest absolute Gasteiger partial charge is 0.255 e. The Morgan fingerprint density at radius 3 is 2.33 bits per heavy atom. The number of hydrogen-bond donors (Lipinski definition) is 1. The van der Waals surface area contributed by atoms with E-state index < -0.39 is 0 Å². The van der Waals surface area contributed by atoms with Crippen LogP contribution < -0.4 is 5.32 Å². The molecule has 0 spiro atoms. The second-order valence-corrected chi connectivity index (χ2v) is 6.59. The summed E-state index contributed by atoms with van der Waals surface area (Å²) < 4.78 is 12.3. The van der Waals surface area contributed by atoms with E-state index in [2.05, 4.69) is 21.2 Å². The van der Waals surface area contributed by atoms with Crippen molar-refractivity contribution in [1.29, 1.82) is 0 Å². The number of hydrogen-bond acceptors (Lipinski definition) is 3. The van der Waals surface area contributed by atoms with Crippen molar-refractivity contribution in [1.82, 2.24) is 5.32 Å². The maximum atomic E-state index is 12.4. The van der Waals surface area contributed by atoms with Gasteiger partial charge in [-0.05, 0) is 45.0 Å². The normalized spacial score (nSPS) is 10.8. The van der Waals surface area contributed by atoms with E-state index in [0.29, 0.717) is 23.6 Å². The summed E-state index contributed by atoms with van der Waals surface area (Å²) in [6, 6.07) is 11.7. The van der Waals surface area contributed by atoms with Crippen LogP contribution in [0.4, 0.5) is 0 Å². The van der Waals surface area contributed by atoms with Crippen LogP contribution >= 0.6 is 15.9 Å². The maximum absolute atomic E-state index is 12.4. The van der Waals surface area contributed by atoms with Gasteiger partial charge in [-0.25, -0.2) is 0 Å². The Labute approximate surface area is 149 Å². The molecule has 0 bridgehead atoms. The minimum absolute atomic E-state index is 0.150. The Morgan fingerprint density at radius 2 is 1.71 bits per heavy atom. The molecule has 1 N–H and O–H groups in total. The number of aryl methyl sites for hydroxylation is 2. The van der Waals surface area contributed by atoms with Gasteiger partial charge in [0.1, 0.15) is 23.0 Å². The van der Waals surface area contributed by atoms with E-state index in [0.717, 1.165) is 27.1 Å². The first-order chi connectivity index (χ1) is 11.5. The molecule has 3 aromatic rings. The molecule has 4 nitrogen and oxygen atoms in total. The summed E-state index contributed by atoms with van der Waals surface area (Å²) in [6.07, 6.45) is 0. The van der Waals surface area contributed by atoms with Gasteiger partial charge in [0, 0.05) is 15.6 Å². The van der Waals surface area contributed by atoms with E-state index in [4.69, 9.17) is 8.83 Å². The van der Waals surface area contributed by atoms with Crippen molar-refractivity contribution in [2.24, 2.45) is 0 Å². The predicted octanol–water partition coefficient (Wildman–Crippen LogP) is 5.16. The Morgan fingerprint density at radius 1 is 1.00 bits per heavy atom. The zero-order valence-electron chi connectivity index (χ0n) is 13.8. The molecule has 0 fully saturated rings. The lowest BCUT2D eigenvalue weighted by Crippen LogP contribution is -2.23. The molecule has 0 aliphatic carbocycles. The standard InChI is InChI=1S/C19H18BrNO3/c1-11-12(2)23-13(3)18(11)19(22)21-10-16-8-9-17(24-16)14-4-6-15(20)7-5-14/h4-9H,10H2,1-3H3,(H,21,22). The van der Waals surface area contributed by atoms with Crippen LogP contribution in [0, 0.1) is 20.8 Å². The highest BCUT2D eigenvalue weighted by molar-refractivity contribution is 9.10. The average Bonchev–Trinajstić information content (AvgIpc) is 3.11. The first-order valence-electron chi connectivity index (χ1n) is 7.65. The molecule has 0 aliphatic heterocycles. The molecular formula is C19H18BrNO3. The van der Waals surface area contributed by atoms with Crippen LogP contribution in [0.15, 0.2) is 49.7 Å². The van der Waals surface area contributed by atoms with Crippen molar-refractivity contribution in [3.63, 3.8) is 0 Å². The van der Waals surface area contributed by atoms with Gasteiger partial charge >= 0.3 is 0 Å². The largest absolute Gasteiger partial charge is 0.466 e. The number of amides is 1. The fraction of sp³-hybridized carbons (Fsp3) is 0.211. The van der Waals surface area contributed by atoms with Crippen LogP contribution in [-0.2, 0) is 6.54 Å². The summed E-state index contributed by atoms with van der Waals surface area (Å²) in [7, 11) is 0. The van der Waals surface area contributed by atoms with Crippen molar-refractivity contribution in [2.45, 2.75) is 27.3 Å². The molecule has 2 aromatic heterocycles. The molecule has 1 amide bonds. The predicted molar refractivity (Wildman–Crippen MR) is 95.9 cm³/mol. The van der Waals surface area contributed by atoms with Crippen molar-refractivity contribution < 1.29 is 13.6 Å². The monoisotopic (exact) mass is 387 g/mol. The van der Waals surface area contributed by atoms with E-state index in [9.17, 15) is 4.79 Å². The Kier molecular flexibility index (Phi) is 4.62. The highest BCUT2D eigenvalue weighted by Crippen LogP contribution is 2.24. The van der Waals surface area contributed by atoms with Crippen molar-refractivity contribution in [3.8, 4) is 11.3 Å². The number of nitrogens with one attached hydrogen (secondary N) is 1. The summed E-state index contributed by atoms with van der Waals surface area (Å²) >= 11 is 3.41. The van der Waals surface area contributed by atoms with Gasteiger partial charge in [-0.2, -0.15) is 0 Å². The van der Waals surface area contributed by atoms with Crippen molar-refractivity contribution in [2.75, 3.05) is 0 Å². The average molecular weight is 388 g/mol. The van der Waals surface area contributed by atoms with Crippen molar-refractivity contribution >= 4 is 21.8 Å². The Hall–Kier alpha value is -2.27. The Bertz CT molecular complexity index is 875. The molecule has 0 saturated carbocycles. The number of benzene rings is 1. The third-order valence-electron chi connectivity index (χ3n) is 4.00. The van der Waals surface area contributed by atoms with Gasteiger partial charge in [-0.3, -0.25) is 4.79 Å². The minimum Gasteiger partial charge on any atom is -0.466 e. The fourth-order valence-electron chi connectivity index (χ4n) is 2.63. The number of rotatable bonds is 4. The van der Waals surface area contributed by atoms with E-state index in [-0.39, 0.29) is 5.91 Å². The molecule has 0 unspecified atom stereocenters. The lowest BCUT2D eigenvalue weighted by atomic mass is 10.1. The van der Waals surface area contributed by atoms with Gasteiger partial charge in [0.2, 0.25) is 0 Å². The van der Waals surface area contributed by atoms with Gasteiger partial charge < -0.3 is 14.2 Å². The summed E-state index contributed by atoms with van der Waals surface area (Å²) in [5.74, 6) is 2.74. The molecule has 0 saturated heterocycles. The first-order valence-corrected chi connectivity index (χ1v) is 8.44. The molecule has 0 aliphatic rings. The van der Waals surface area contributed by atoms with Crippen LogP contribution in [0.2, 0.25) is 0 Å². The summed E-state index contributed by atoms with van der Waals surface area (Å²) in [5, 5.41) is 2.88. The minimum atomic E-state index is -0.150. The van der Waals surface area contributed by atoms with Gasteiger partial charge in [-0.15, -0.1) is 0 Å². The lowest BCUT2D eigenvalue weighted by Gasteiger charge is -2.03. The Balaban J connectivity index is 1.69. The van der Waals surface area contributed by atoms with Crippen LogP contribution in [0.25, 0.3) is 11.3 Å². The molecule has 124 valence electrons. The molecule has 5 heteroatoms. The quantitative estimate of drug-likeness (QED) is 0.672. The zero-order valence-corrected chi connectivity index (χ0v) is 15.4. The fourth-order valence-corrected chi connectivity index (χ4v) is 2.89. The third kappa shape index (κ3) is 3.31. The van der Waals surface area contributed by atoms with Crippen molar-refractivity contribution in [3.05, 3.63) is 69.3 Å². The topological polar surface area (TPSA) is 55.4 Å². The highest BCUT2D eigenvalue weighted by Gasteiger charge is 2.18. The van der Waals surface area contributed by atoms with E-state index in [1.807, 2.05) is 50.2 Å². The molecule has 1 aromatic carbocycles. The van der Waals surface area contributed by atoms with Crippen LogP contribution in [0.1, 0.15) is 33.2 Å². The molecule has 2 heterocycles. The number of halogens is 1. The number of carbonyl (C=O) groups is 1. The van der Waals surface area contributed by atoms with E-state index >= 15 is 0 Å². The lowest BCUT2D eigenvalue weighted by molar-refractivity contribution is 0.0946. The second-order valence-electron chi connectivity index (χ2n) is 5.67. The number of carbonyl (C=O) groups excluding carboxylic acids is 1. The van der Waals surface area contributed by atoms with Crippen LogP contribution in [0.3, 0.4) is 0 Å². The number of furan rings is 2. The molecule has 3 rings (SSSR count). The van der Waals surface area contributed by atoms with E-state index in [1.165, 1.54) is 0 Å². The highest BCUT2D eigenvalue weighted by atomic mass is 79.9. The molecule has 0 radical (unpaired) electrons. The van der Waals surface area contributed by atoms with Gasteiger partial charge in [0.25, 0.3) is 5.91 Å². The summed E-state index contributed by atoms with van der Waals surface area (Å²) in [4.78, 5) is 12.4. The van der Waals surface area contributed by atoms with Crippen LogP contribution in [-0.4, -0.2) is 5.91 Å². The SMILES string of the molecule is Cc1oc(C)c(C(=O)NCc2ccc(-c3ccc(Br)cc3)o2)c1C. The maximum Gasteiger partial charge on any atom is 0.255 e. The zero-order chi connectivity index (χ0) is 17.3. The van der Waals surface area contributed by atoms with Gasteiger partial charge in [0.15, 0.2) is 0 Å². The third-order valence-corrected chi connectivity index (χ3v) is 4.53. The second kappa shape index (κ2) is 6.69. The summed E-state index contributed by atoms with van der Waals surface area (Å²) in [5.41, 5.74) is 2.47.